The normalized spacial score (nSPS) is 19.6. The van der Waals surface area contributed by atoms with Gasteiger partial charge in [0.05, 0.1) is 45.6 Å². The van der Waals surface area contributed by atoms with Crippen LogP contribution in [0.25, 0.3) is 11.0 Å². The second kappa shape index (κ2) is 11.9. The van der Waals surface area contributed by atoms with Crippen molar-refractivity contribution in [2.24, 2.45) is 5.92 Å². The van der Waals surface area contributed by atoms with Crippen LogP contribution in [0.4, 0.5) is 5.82 Å². The molecule has 3 aromatic rings. The molecule has 5 heterocycles. The Kier molecular flexibility index (Phi) is 8.87. The van der Waals surface area contributed by atoms with E-state index in [1.807, 2.05) is 18.2 Å². The van der Waals surface area contributed by atoms with E-state index in [0.29, 0.717) is 48.5 Å². The number of anilines is 1. The zero-order valence-electron chi connectivity index (χ0n) is 19.7. The number of halogens is 2. The highest BCUT2D eigenvalue weighted by Gasteiger charge is 2.31. The van der Waals surface area contributed by atoms with Gasteiger partial charge in [-0.15, -0.1) is 24.2 Å². The van der Waals surface area contributed by atoms with Crippen molar-refractivity contribution < 1.29 is 14.6 Å². The van der Waals surface area contributed by atoms with Crippen LogP contribution in [0, 0.1) is 5.92 Å². The number of fused-ring (bicyclic) bond motifs is 2. The van der Waals surface area contributed by atoms with Gasteiger partial charge in [0, 0.05) is 56.5 Å². The maximum absolute atomic E-state index is 11.6. The number of hydrogen-bond donors (Lipinski definition) is 3. The summed E-state index contributed by atoms with van der Waals surface area (Å²) < 4.78 is 5.27. The number of likely N-dealkylation sites (tertiary alicyclic amines) is 1. The van der Waals surface area contributed by atoms with Gasteiger partial charge < -0.3 is 25.4 Å². The number of hydrogen-bond acceptors (Lipinski definition) is 9. The molecule has 1 saturated heterocycles. The second-order valence-corrected chi connectivity index (χ2v) is 10.2. The smallest absolute Gasteiger partial charge is 0.235 e. The topological polar surface area (TPSA) is 112 Å². The highest BCUT2D eigenvalue weighted by Crippen LogP contribution is 2.30. The molecular weight excluding hydrogens is 523 g/mol. The summed E-state index contributed by atoms with van der Waals surface area (Å²) in [6.07, 6.45) is 1.96. The van der Waals surface area contributed by atoms with Gasteiger partial charge in [0.2, 0.25) is 11.8 Å². The summed E-state index contributed by atoms with van der Waals surface area (Å²) in [5.41, 5.74) is 3.33. The summed E-state index contributed by atoms with van der Waals surface area (Å²) in [6, 6.07) is 7.64. The van der Waals surface area contributed by atoms with E-state index in [9.17, 15) is 9.90 Å². The molecule has 0 radical (unpaired) electrons. The monoisotopic (exact) mass is 550 g/mol. The van der Waals surface area contributed by atoms with Crippen LogP contribution in [-0.2, 0) is 17.8 Å². The molecule has 192 valence electrons. The lowest BCUT2D eigenvalue weighted by atomic mass is 10.1. The van der Waals surface area contributed by atoms with Gasteiger partial charge in [-0.2, -0.15) is 0 Å². The number of amides is 1. The molecule has 2 aliphatic heterocycles. The Bertz CT molecular complexity index is 1250. The van der Waals surface area contributed by atoms with Crippen LogP contribution in [0.15, 0.2) is 35.4 Å². The lowest BCUT2D eigenvalue weighted by molar-refractivity contribution is -0.113. The van der Waals surface area contributed by atoms with Crippen molar-refractivity contribution in [3.05, 3.63) is 46.7 Å². The number of ether oxygens (including phenoxy) is 1. The summed E-state index contributed by atoms with van der Waals surface area (Å²) in [4.78, 5) is 28.3. The molecule has 0 aliphatic carbocycles. The zero-order valence-corrected chi connectivity index (χ0v) is 22.1. The second-order valence-electron chi connectivity index (χ2n) is 8.76. The first-order valence-electron chi connectivity index (χ1n) is 11.5. The molecular formula is C24H28Cl2N6O3S. The molecule has 0 unspecified atom stereocenters. The molecule has 36 heavy (non-hydrogen) atoms. The predicted octanol–water partition coefficient (Wildman–Crippen LogP) is 2.78. The van der Waals surface area contributed by atoms with E-state index in [1.165, 1.54) is 11.8 Å². The van der Waals surface area contributed by atoms with Crippen molar-refractivity contribution >= 4 is 58.5 Å². The van der Waals surface area contributed by atoms with Crippen molar-refractivity contribution in [3.8, 4) is 5.88 Å². The van der Waals surface area contributed by atoms with Gasteiger partial charge >= 0.3 is 0 Å². The first-order chi connectivity index (χ1) is 17.0. The molecule has 0 bridgehead atoms. The first-order valence-corrected chi connectivity index (χ1v) is 12.9. The maximum Gasteiger partial charge on any atom is 0.235 e. The van der Waals surface area contributed by atoms with Gasteiger partial charge in [-0.25, -0.2) is 9.97 Å². The van der Waals surface area contributed by atoms with Crippen LogP contribution >= 0.6 is 35.8 Å². The van der Waals surface area contributed by atoms with E-state index < -0.39 is 6.10 Å². The number of β-amino-alcohol motifs (C(OH)–C–C–N with tert-alkyl or cyclic N) is 1. The van der Waals surface area contributed by atoms with Crippen LogP contribution < -0.4 is 15.4 Å². The third kappa shape index (κ3) is 6.01. The molecule has 3 aromatic heterocycles. The van der Waals surface area contributed by atoms with E-state index in [-0.39, 0.29) is 24.2 Å². The Labute approximate surface area is 224 Å². The number of nitrogens with one attached hydrogen (secondary N) is 2. The molecule has 1 fully saturated rings. The van der Waals surface area contributed by atoms with Gasteiger partial charge in [0.15, 0.2) is 0 Å². The summed E-state index contributed by atoms with van der Waals surface area (Å²) in [5.74, 6) is 1.68. The molecule has 12 heteroatoms. The minimum Gasteiger partial charge on any atom is -0.481 e. The molecule has 0 aromatic carbocycles. The van der Waals surface area contributed by atoms with E-state index in [1.54, 1.807) is 19.4 Å². The first kappa shape index (κ1) is 26.8. The van der Waals surface area contributed by atoms with Gasteiger partial charge in [-0.3, -0.25) is 9.78 Å². The minimum atomic E-state index is -0.405. The van der Waals surface area contributed by atoms with Crippen molar-refractivity contribution in [1.29, 1.82) is 0 Å². The number of thioether (sulfide) groups is 1. The van der Waals surface area contributed by atoms with Crippen LogP contribution in [0.2, 0.25) is 5.02 Å². The molecule has 1 amide bonds. The Morgan fingerprint density at radius 2 is 2.14 bits per heavy atom. The number of carbonyl (C=O) groups excluding carboxylic acids is 1. The number of pyridine rings is 3. The molecule has 0 spiro atoms. The number of aliphatic hydroxyl groups excluding tert-OH is 1. The lowest BCUT2D eigenvalue weighted by Crippen LogP contribution is -2.30. The third-order valence-electron chi connectivity index (χ3n) is 6.35. The summed E-state index contributed by atoms with van der Waals surface area (Å²) >= 11 is 7.97. The molecule has 0 saturated carbocycles. The number of methoxy groups -OCH3 is 1. The predicted molar refractivity (Wildman–Crippen MR) is 143 cm³/mol. The number of aliphatic hydroxyl groups is 1. The molecule has 3 N–H and O–H groups in total. The number of aromatic nitrogens is 3. The van der Waals surface area contributed by atoms with Crippen LogP contribution in [0.5, 0.6) is 5.88 Å². The third-order valence-corrected chi connectivity index (χ3v) is 7.73. The van der Waals surface area contributed by atoms with Crippen LogP contribution in [0.3, 0.4) is 0 Å². The average Bonchev–Trinajstić information content (AvgIpc) is 3.21. The molecule has 2 aliphatic rings. The van der Waals surface area contributed by atoms with E-state index >= 15 is 0 Å². The van der Waals surface area contributed by atoms with Gasteiger partial charge in [-0.05, 0) is 24.6 Å². The Hall–Kier alpha value is -2.21. The van der Waals surface area contributed by atoms with Gasteiger partial charge in [0.25, 0.3) is 0 Å². The van der Waals surface area contributed by atoms with E-state index in [2.05, 4.69) is 30.5 Å². The van der Waals surface area contributed by atoms with E-state index in [4.69, 9.17) is 16.3 Å². The molecule has 2 atom stereocenters. The summed E-state index contributed by atoms with van der Waals surface area (Å²) in [5, 5.41) is 17.4. The fraction of sp³-hybridized carbons (Fsp3) is 0.417. The van der Waals surface area contributed by atoms with Crippen molar-refractivity contribution in [2.45, 2.75) is 24.0 Å². The lowest BCUT2D eigenvalue weighted by Gasteiger charge is -2.18. The standard InChI is InChI=1S/C24H27ClN6O3S.ClH/c1-34-22-5-3-18-23(30-22)16(17(25)10-27-18)6-7-31-11-14(19(32)12-31)8-26-9-15-2-4-20-24(28-15)29-21(33)13-35-20;/h2-5,10,14,19,26,32H,6-9,11-13H2,1H3,(H,28,29,33);1H/t14-,19+;/m0./s1. The van der Waals surface area contributed by atoms with Crippen LogP contribution in [0.1, 0.15) is 11.3 Å². The van der Waals surface area contributed by atoms with Crippen LogP contribution in [-0.4, -0.2) is 76.0 Å². The Morgan fingerprint density at radius 1 is 1.28 bits per heavy atom. The Balaban J connectivity index is 0.00000304. The van der Waals surface area contributed by atoms with Crippen molar-refractivity contribution in [3.63, 3.8) is 0 Å². The summed E-state index contributed by atoms with van der Waals surface area (Å²) in [7, 11) is 1.59. The number of carbonyl (C=O) groups is 1. The molecule has 5 rings (SSSR count). The highest BCUT2D eigenvalue weighted by atomic mass is 35.5. The zero-order chi connectivity index (χ0) is 24.4. The number of nitrogens with zero attached hydrogens (tertiary/aromatic N) is 4. The SMILES string of the molecule is COc1ccc2ncc(Cl)c(CCN3C[C@H](CNCc4ccc5c(n4)NC(=O)CS5)[C@H](O)C3)c2n1.Cl. The number of rotatable bonds is 8. The summed E-state index contributed by atoms with van der Waals surface area (Å²) in [6.45, 7) is 3.41. The minimum absolute atomic E-state index is 0. The highest BCUT2D eigenvalue weighted by molar-refractivity contribution is 8.00. The fourth-order valence-electron chi connectivity index (χ4n) is 4.51. The van der Waals surface area contributed by atoms with Gasteiger partial charge in [0.1, 0.15) is 5.82 Å². The van der Waals surface area contributed by atoms with Crippen molar-refractivity contribution in [2.75, 3.05) is 44.4 Å². The fourth-order valence-corrected chi connectivity index (χ4v) is 5.50. The maximum atomic E-state index is 11.6. The van der Waals surface area contributed by atoms with Gasteiger partial charge in [-0.1, -0.05) is 11.6 Å². The Morgan fingerprint density at radius 3 is 2.97 bits per heavy atom. The molecule has 9 nitrogen and oxygen atoms in total. The largest absolute Gasteiger partial charge is 0.481 e. The quantitative estimate of drug-likeness (QED) is 0.389. The van der Waals surface area contributed by atoms with E-state index in [0.717, 1.165) is 40.3 Å². The average molecular weight is 552 g/mol. The van der Waals surface area contributed by atoms with Crippen molar-refractivity contribution in [1.82, 2.24) is 25.2 Å².